The fourth-order valence-corrected chi connectivity index (χ4v) is 17.0. The summed E-state index contributed by atoms with van der Waals surface area (Å²) in [6.07, 6.45) is 0.852. The summed E-state index contributed by atoms with van der Waals surface area (Å²) in [4.78, 5) is 33.8. The Morgan fingerprint density at radius 2 is 0.891 bits per heavy atom. The fraction of sp³-hybridized carbons (Fsp3) is 0.0196. The molecule has 2 unspecified atom stereocenters. The van der Waals surface area contributed by atoms with Crippen LogP contribution < -0.4 is 14.2 Å². The maximum absolute atomic E-state index is 13.4. The second-order valence-corrected chi connectivity index (χ2v) is 25.3. The van der Waals surface area contributed by atoms with Crippen LogP contribution in [0.15, 0.2) is 187 Å². The van der Waals surface area contributed by atoms with Crippen molar-refractivity contribution in [3.8, 4) is 34.1 Å². The minimum atomic E-state index is -0.505. The molecule has 0 N–H and O–H groups in total. The average molecular weight is 1550 g/mol. The molecule has 0 spiro atoms. The highest BCUT2D eigenvalue weighted by molar-refractivity contribution is 14.1. The summed E-state index contributed by atoms with van der Waals surface area (Å²) in [7, 11) is -0.910. The first-order valence-corrected chi connectivity index (χ1v) is 28.5. The molecule has 0 radical (unpaired) electrons. The number of rotatable bonds is 7. The lowest BCUT2D eigenvalue weighted by Crippen LogP contribution is -2.16. The molecular weight excluding hydrogens is 1520 g/mol. The van der Waals surface area contributed by atoms with Gasteiger partial charge in [0.15, 0.2) is 31.1 Å². The molecule has 0 bridgehead atoms. The number of halogens is 6. The largest absolute Gasteiger partial charge is 0.447 e. The molecule has 314 valence electrons. The number of ether oxygens (including phenoxy) is 3. The Bertz CT molecular complexity index is 2980. The van der Waals surface area contributed by atoms with Gasteiger partial charge in [0.2, 0.25) is 9.79 Å². The van der Waals surface area contributed by atoms with Gasteiger partial charge < -0.3 is 14.2 Å². The Morgan fingerprint density at radius 3 is 1.48 bits per heavy atom. The first-order valence-electron chi connectivity index (χ1n) is 19.5. The van der Waals surface area contributed by atoms with Crippen LogP contribution in [0.5, 0.6) is 23.0 Å². The highest BCUT2D eigenvalue weighted by atomic mass is 127. The highest BCUT2D eigenvalue weighted by Gasteiger charge is 2.41. The lowest BCUT2D eigenvalue weighted by Gasteiger charge is -2.22. The summed E-state index contributed by atoms with van der Waals surface area (Å²) in [6, 6.07) is 54.2. The van der Waals surface area contributed by atoms with Gasteiger partial charge in [0.1, 0.15) is 22.4 Å². The van der Waals surface area contributed by atoms with Gasteiger partial charge in [-0.25, -0.2) is 9.59 Å². The molecule has 13 heteroatoms. The first kappa shape index (κ1) is 45.4. The zero-order valence-electron chi connectivity index (χ0n) is 32.8. The van der Waals surface area contributed by atoms with E-state index in [1.807, 2.05) is 60.7 Å². The van der Waals surface area contributed by atoms with Crippen molar-refractivity contribution in [1.82, 2.24) is 0 Å². The number of carbonyl (C=O) groups excluding carboxylic acids is 2. The van der Waals surface area contributed by atoms with Crippen molar-refractivity contribution in [3.63, 3.8) is 0 Å². The number of carbonyl (C=O) groups is 2. The van der Waals surface area contributed by atoms with Crippen LogP contribution in [0.25, 0.3) is 11.1 Å². The minimum Gasteiger partial charge on any atom is -0.447 e. The van der Waals surface area contributed by atoms with E-state index in [1.54, 1.807) is 0 Å². The van der Waals surface area contributed by atoms with Crippen LogP contribution >= 0.6 is 136 Å². The molecule has 2 heterocycles. The summed E-state index contributed by atoms with van der Waals surface area (Å²) in [5.41, 5.74) is 6.00. The predicted octanol–water partition coefficient (Wildman–Crippen LogP) is 15.6. The molecule has 0 saturated carbocycles. The van der Waals surface area contributed by atoms with Gasteiger partial charge in [-0.15, -0.1) is 0 Å². The maximum atomic E-state index is 13.4. The van der Waals surface area contributed by atoms with Gasteiger partial charge in [-0.05, 0) is 244 Å². The molecule has 64 heavy (non-hydrogen) atoms. The fourth-order valence-electron chi connectivity index (χ4n) is 7.65. The van der Waals surface area contributed by atoms with Crippen LogP contribution in [0.2, 0.25) is 0 Å². The Kier molecular flexibility index (Phi) is 13.7. The Labute approximate surface area is 457 Å². The SMILES string of the molecule is O=C(Oc1ccc([S+]2c3ccccc3Cc3ccc(-c4ccc5c(c4)[S+](c4ccc(OC(=O)c6c(I)ccc(I)c6I)cc4)c4ccccc4O5)cc32)cc1)c1c(I)ccc(I)c1I. The van der Waals surface area contributed by atoms with Gasteiger partial charge in [-0.3, -0.25) is 0 Å². The molecular formula is C51H28I6O5S2+2. The van der Waals surface area contributed by atoms with Crippen LogP contribution in [0.1, 0.15) is 31.8 Å². The Morgan fingerprint density at radius 1 is 0.438 bits per heavy atom. The lowest BCUT2D eigenvalue weighted by molar-refractivity contribution is 0.0722. The van der Waals surface area contributed by atoms with Gasteiger partial charge in [0.05, 0.1) is 22.0 Å². The number of hydrogen-bond donors (Lipinski definition) is 0. The molecule has 0 aromatic heterocycles. The molecule has 0 aliphatic carbocycles. The quantitative estimate of drug-likeness (QED) is 0.0523. The maximum Gasteiger partial charge on any atom is 0.345 e. The summed E-state index contributed by atoms with van der Waals surface area (Å²) in [5.74, 6) is 1.93. The second-order valence-electron chi connectivity index (χ2n) is 14.6. The van der Waals surface area contributed by atoms with Crippen molar-refractivity contribution in [3.05, 3.63) is 201 Å². The van der Waals surface area contributed by atoms with Crippen molar-refractivity contribution >= 4 is 169 Å². The van der Waals surface area contributed by atoms with Crippen LogP contribution in [-0.4, -0.2) is 11.9 Å². The topological polar surface area (TPSA) is 61.8 Å². The third kappa shape index (κ3) is 8.90. The molecule has 0 saturated heterocycles. The molecule has 0 amide bonds. The summed E-state index contributed by atoms with van der Waals surface area (Å²) in [6.45, 7) is 0. The lowest BCUT2D eigenvalue weighted by atomic mass is 9.99. The van der Waals surface area contributed by atoms with E-state index in [0.717, 1.165) is 70.0 Å². The monoisotopic (exact) mass is 1550 g/mol. The standard InChI is InChI=1S/C51H28I6O5S2/c52-36-20-22-38(54)48(56)46(36)50(58)60-32-12-16-34(17-13-32)63-42-7-3-1-5-30(42)25-31-10-9-28(26-44(31)63)29-11-24-41-45(27-29)64(43-8-4-2-6-40(43)62-41)35-18-14-33(15-19-35)61-51(59)47-37(53)21-23-39(55)49(47)57/h1-24,26-27H,25H2/q+2. The molecule has 2 aliphatic rings. The number of benzene rings is 8. The molecule has 2 atom stereocenters. The molecule has 2 aliphatic heterocycles. The predicted molar refractivity (Wildman–Crippen MR) is 304 cm³/mol. The zero-order valence-corrected chi connectivity index (χ0v) is 47.4. The van der Waals surface area contributed by atoms with E-state index in [1.165, 1.54) is 20.9 Å². The molecule has 10 rings (SSSR count). The molecule has 0 fully saturated rings. The van der Waals surface area contributed by atoms with Crippen LogP contribution in [0.4, 0.5) is 0 Å². The zero-order chi connectivity index (χ0) is 44.2. The molecule has 5 nitrogen and oxygen atoms in total. The van der Waals surface area contributed by atoms with E-state index < -0.39 is 21.8 Å². The average Bonchev–Trinajstić information content (AvgIpc) is 3.30. The summed E-state index contributed by atoms with van der Waals surface area (Å²) >= 11 is 13.3. The number of fused-ring (bicyclic) bond motifs is 4. The van der Waals surface area contributed by atoms with Crippen molar-refractivity contribution in [2.75, 3.05) is 0 Å². The van der Waals surface area contributed by atoms with Gasteiger partial charge in [0.25, 0.3) is 0 Å². The second kappa shape index (κ2) is 19.3. The minimum absolute atomic E-state index is 0.358. The van der Waals surface area contributed by atoms with Gasteiger partial charge in [0, 0.05) is 51.1 Å². The van der Waals surface area contributed by atoms with Crippen LogP contribution in [-0.2, 0) is 28.2 Å². The van der Waals surface area contributed by atoms with E-state index in [0.29, 0.717) is 22.6 Å². The third-order valence-electron chi connectivity index (χ3n) is 10.7. The normalized spacial score (nSPS) is 14.6. The Balaban J connectivity index is 0.978. The summed E-state index contributed by atoms with van der Waals surface area (Å²) < 4.78 is 24.0. The van der Waals surface area contributed by atoms with E-state index in [2.05, 4.69) is 233 Å². The van der Waals surface area contributed by atoms with E-state index in [-0.39, 0.29) is 11.9 Å². The Hall–Kier alpha value is -2.42. The van der Waals surface area contributed by atoms with Gasteiger partial charge in [-0.2, -0.15) is 0 Å². The van der Waals surface area contributed by atoms with Gasteiger partial charge in [-0.1, -0.05) is 48.5 Å². The smallest absolute Gasteiger partial charge is 0.345 e. The number of para-hydroxylation sites is 1. The van der Waals surface area contributed by atoms with Crippen molar-refractivity contribution in [1.29, 1.82) is 0 Å². The molecule has 8 aromatic rings. The third-order valence-corrected chi connectivity index (χ3v) is 23.3. The van der Waals surface area contributed by atoms with E-state index >= 15 is 0 Å². The van der Waals surface area contributed by atoms with Gasteiger partial charge >= 0.3 is 11.9 Å². The van der Waals surface area contributed by atoms with Crippen molar-refractivity contribution < 1.29 is 23.8 Å². The van der Waals surface area contributed by atoms with Crippen molar-refractivity contribution in [2.24, 2.45) is 0 Å². The highest BCUT2D eigenvalue weighted by Crippen LogP contribution is 2.49. The van der Waals surface area contributed by atoms with Crippen LogP contribution in [0.3, 0.4) is 0 Å². The number of hydrogen-bond acceptors (Lipinski definition) is 5. The molecule has 8 aromatic carbocycles. The summed E-state index contributed by atoms with van der Waals surface area (Å²) in [5, 5.41) is 0. The first-order chi connectivity index (χ1) is 31.0. The van der Waals surface area contributed by atoms with E-state index in [4.69, 9.17) is 14.2 Å². The number of esters is 2. The van der Waals surface area contributed by atoms with Crippen molar-refractivity contribution in [2.45, 2.75) is 35.8 Å². The van der Waals surface area contributed by atoms with Crippen LogP contribution in [0, 0.1) is 21.4 Å². The van der Waals surface area contributed by atoms with E-state index in [9.17, 15) is 9.59 Å².